The van der Waals surface area contributed by atoms with Crippen LogP contribution in [0.4, 0.5) is 5.69 Å². The van der Waals surface area contributed by atoms with Crippen molar-refractivity contribution in [2.24, 2.45) is 0 Å². The van der Waals surface area contributed by atoms with Gasteiger partial charge < -0.3 is 19.8 Å². The third-order valence-electron chi connectivity index (χ3n) is 3.50. The Morgan fingerprint density at radius 3 is 2.62 bits per heavy atom. The molecule has 4 heteroatoms. The highest BCUT2D eigenvalue weighted by Crippen LogP contribution is 2.30. The summed E-state index contributed by atoms with van der Waals surface area (Å²) in [5.74, 6) is 1.46. The second-order valence-corrected chi connectivity index (χ2v) is 4.82. The van der Waals surface area contributed by atoms with E-state index in [1.165, 1.54) is 10.9 Å². The zero-order valence-electron chi connectivity index (χ0n) is 12.1. The van der Waals surface area contributed by atoms with E-state index in [-0.39, 0.29) is 0 Å². The molecule has 0 spiro atoms. The second kappa shape index (κ2) is 5.79. The van der Waals surface area contributed by atoms with Gasteiger partial charge in [0.1, 0.15) is 0 Å². The molecule has 0 unspecified atom stereocenters. The highest BCUT2D eigenvalue weighted by atomic mass is 16.5. The Hall–Kier alpha value is -2.62. The van der Waals surface area contributed by atoms with Crippen LogP contribution in [-0.4, -0.2) is 19.2 Å². The average molecular weight is 282 g/mol. The maximum atomic E-state index is 5.31. The van der Waals surface area contributed by atoms with Gasteiger partial charge in [0.2, 0.25) is 0 Å². The van der Waals surface area contributed by atoms with Gasteiger partial charge in [-0.3, -0.25) is 0 Å². The van der Waals surface area contributed by atoms with E-state index < -0.39 is 0 Å². The van der Waals surface area contributed by atoms with Gasteiger partial charge >= 0.3 is 0 Å². The molecule has 0 fully saturated rings. The molecule has 0 aliphatic carbocycles. The van der Waals surface area contributed by atoms with Crippen LogP contribution in [0.15, 0.2) is 48.7 Å². The molecule has 3 rings (SSSR count). The highest BCUT2D eigenvalue weighted by molar-refractivity contribution is 5.80. The van der Waals surface area contributed by atoms with Crippen LogP contribution in [0.1, 0.15) is 5.56 Å². The summed E-state index contributed by atoms with van der Waals surface area (Å²) in [5, 5.41) is 4.62. The summed E-state index contributed by atoms with van der Waals surface area (Å²) in [6.45, 7) is 0.761. The molecule has 0 radical (unpaired) electrons. The molecule has 0 saturated heterocycles. The van der Waals surface area contributed by atoms with Crippen molar-refractivity contribution in [1.29, 1.82) is 0 Å². The lowest BCUT2D eigenvalue weighted by molar-refractivity contribution is 0.355. The minimum absolute atomic E-state index is 0.726. The van der Waals surface area contributed by atoms with Gasteiger partial charge in [-0.25, -0.2) is 0 Å². The van der Waals surface area contributed by atoms with Gasteiger partial charge in [0.05, 0.1) is 14.2 Å². The van der Waals surface area contributed by atoms with Gasteiger partial charge in [0.15, 0.2) is 11.5 Å². The van der Waals surface area contributed by atoms with E-state index in [4.69, 9.17) is 9.47 Å². The lowest BCUT2D eigenvalue weighted by Crippen LogP contribution is -2.00. The number of hydrogen-bond donors (Lipinski definition) is 2. The number of hydrogen-bond acceptors (Lipinski definition) is 3. The number of methoxy groups -OCH3 is 2. The summed E-state index contributed by atoms with van der Waals surface area (Å²) in [4.78, 5) is 3.20. The predicted octanol–water partition coefficient (Wildman–Crippen LogP) is 3.80. The molecule has 0 atom stereocenters. The Labute approximate surface area is 123 Å². The smallest absolute Gasteiger partial charge is 0.162 e. The number of H-pyrrole nitrogens is 1. The van der Waals surface area contributed by atoms with Gasteiger partial charge in [-0.1, -0.05) is 6.07 Å². The van der Waals surface area contributed by atoms with Crippen molar-refractivity contribution in [2.75, 3.05) is 19.5 Å². The molecule has 3 aromatic rings. The van der Waals surface area contributed by atoms with Crippen LogP contribution in [0.2, 0.25) is 0 Å². The number of benzene rings is 2. The molecule has 1 aromatic heterocycles. The van der Waals surface area contributed by atoms with Gasteiger partial charge in [-0.05, 0) is 41.3 Å². The maximum absolute atomic E-state index is 5.31. The first kappa shape index (κ1) is 13.4. The van der Waals surface area contributed by atoms with E-state index in [9.17, 15) is 0 Å². The third kappa shape index (κ3) is 2.79. The maximum Gasteiger partial charge on any atom is 0.162 e. The summed E-state index contributed by atoms with van der Waals surface area (Å²) >= 11 is 0. The van der Waals surface area contributed by atoms with Crippen LogP contribution in [0.5, 0.6) is 11.5 Å². The molecule has 0 aliphatic heterocycles. The summed E-state index contributed by atoms with van der Waals surface area (Å²) in [5.41, 5.74) is 3.39. The molecule has 21 heavy (non-hydrogen) atoms. The Balaban J connectivity index is 1.74. The largest absolute Gasteiger partial charge is 0.493 e. The van der Waals surface area contributed by atoms with Crippen LogP contribution in [0.3, 0.4) is 0 Å². The van der Waals surface area contributed by atoms with Crippen molar-refractivity contribution in [3.05, 3.63) is 54.2 Å². The monoisotopic (exact) mass is 282 g/mol. The highest BCUT2D eigenvalue weighted by Gasteiger charge is 2.04. The van der Waals surface area contributed by atoms with E-state index >= 15 is 0 Å². The Bertz CT molecular complexity index is 749. The van der Waals surface area contributed by atoms with Crippen molar-refractivity contribution < 1.29 is 9.47 Å². The van der Waals surface area contributed by atoms with E-state index in [2.05, 4.69) is 34.6 Å². The molecule has 1 heterocycles. The standard InChI is InChI=1S/C17H18N2O2/c1-20-16-6-4-14(10-17(16)21-2)19-11-12-3-5-15-13(9-12)7-8-18-15/h3-10,18-19H,11H2,1-2H3. The molecule has 2 aromatic carbocycles. The number of nitrogens with one attached hydrogen (secondary N) is 2. The lowest BCUT2D eigenvalue weighted by atomic mass is 10.1. The lowest BCUT2D eigenvalue weighted by Gasteiger charge is -2.11. The van der Waals surface area contributed by atoms with E-state index in [1.807, 2.05) is 24.4 Å². The predicted molar refractivity (Wildman–Crippen MR) is 85.2 cm³/mol. The van der Waals surface area contributed by atoms with Gasteiger partial charge in [0.25, 0.3) is 0 Å². The third-order valence-corrected chi connectivity index (χ3v) is 3.50. The number of fused-ring (bicyclic) bond motifs is 1. The molecular weight excluding hydrogens is 264 g/mol. The SMILES string of the molecule is COc1ccc(NCc2ccc3[nH]ccc3c2)cc1OC. The minimum Gasteiger partial charge on any atom is -0.493 e. The van der Waals surface area contributed by atoms with E-state index in [1.54, 1.807) is 14.2 Å². The summed E-state index contributed by atoms with van der Waals surface area (Å²) < 4.78 is 10.5. The molecule has 0 amide bonds. The van der Waals surface area contributed by atoms with E-state index in [0.29, 0.717) is 0 Å². The molecule has 0 saturated carbocycles. The van der Waals surface area contributed by atoms with Crippen LogP contribution >= 0.6 is 0 Å². The topological polar surface area (TPSA) is 46.3 Å². The fourth-order valence-electron chi connectivity index (χ4n) is 2.36. The van der Waals surface area contributed by atoms with Gasteiger partial charge in [-0.15, -0.1) is 0 Å². The summed E-state index contributed by atoms with van der Waals surface area (Å²) in [7, 11) is 3.28. The molecule has 0 bridgehead atoms. The quantitative estimate of drug-likeness (QED) is 0.748. The van der Waals surface area contributed by atoms with E-state index in [0.717, 1.165) is 29.2 Å². The summed E-state index contributed by atoms with van der Waals surface area (Å²) in [6, 6.07) is 14.3. The molecule has 108 valence electrons. The van der Waals surface area contributed by atoms with Crippen LogP contribution in [0.25, 0.3) is 10.9 Å². The first-order valence-electron chi connectivity index (χ1n) is 6.82. The van der Waals surface area contributed by atoms with Crippen molar-refractivity contribution in [3.63, 3.8) is 0 Å². The number of ether oxygens (including phenoxy) is 2. The fourth-order valence-corrected chi connectivity index (χ4v) is 2.36. The second-order valence-electron chi connectivity index (χ2n) is 4.82. The first-order valence-corrected chi connectivity index (χ1v) is 6.82. The van der Waals surface area contributed by atoms with Gasteiger partial charge in [-0.2, -0.15) is 0 Å². The number of rotatable bonds is 5. The van der Waals surface area contributed by atoms with Crippen LogP contribution in [0, 0.1) is 0 Å². The Kier molecular flexibility index (Phi) is 3.69. The van der Waals surface area contributed by atoms with Crippen molar-refractivity contribution >= 4 is 16.6 Å². The Morgan fingerprint density at radius 2 is 1.81 bits per heavy atom. The summed E-state index contributed by atoms with van der Waals surface area (Å²) in [6.07, 6.45) is 1.95. The van der Waals surface area contributed by atoms with Crippen molar-refractivity contribution in [1.82, 2.24) is 4.98 Å². The first-order chi connectivity index (χ1) is 10.3. The van der Waals surface area contributed by atoms with Gasteiger partial charge in [0, 0.05) is 30.0 Å². The molecule has 0 aliphatic rings. The molecular formula is C17H18N2O2. The number of aromatic nitrogens is 1. The number of aromatic amines is 1. The van der Waals surface area contributed by atoms with Crippen LogP contribution in [-0.2, 0) is 6.54 Å². The van der Waals surface area contributed by atoms with Crippen molar-refractivity contribution in [2.45, 2.75) is 6.54 Å². The van der Waals surface area contributed by atoms with Crippen molar-refractivity contribution in [3.8, 4) is 11.5 Å². The minimum atomic E-state index is 0.726. The number of anilines is 1. The zero-order valence-corrected chi connectivity index (χ0v) is 12.1. The van der Waals surface area contributed by atoms with Crippen LogP contribution < -0.4 is 14.8 Å². The molecule has 4 nitrogen and oxygen atoms in total. The Morgan fingerprint density at radius 1 is 0.952 bits per heavy atom. The zero-order chi connectivity index (χ0) is 14.7. The fraction of sp³-hybridized carbons (Fsp3) is 0.176. The normalized spacial score (nSPS) is 10.6. The average Bonchev–Trinajstić information content (AvgIpc) is 3.00. The molecule has 2 N–H and O–H groups in total.